The lowest BCUT2D eigenvalue weighted by Gasteiger charge is -2.23. The largest absolute Gasteiger partial charge is 0.465 e. The molecule has 6 heteroatoms. The van der Waals surface area contributed by atoms with Gasteiger partial charge in [0.15, 0.2) is 0 Å². The first kappa shape index (κ1) is 17.0. The Kier molecular flexibility index (Phi) is 4.24. The Morgan fingerprint density at radius 1 is 1.00 bits per heavy atom. The monoisotopic (exact) mass is 361 g/mol. The molecule has 1 amide bonds. The van der Waals surface area contributed by atoms with Gasteiger partial charge in [0.05, 0.1) is 25.4 Å². The predicted octanol–water partition coefficient (Wildman–Crippen LogP) is 2.96. The van der Waals surface area contributed by atoms with Gasteiger partial charge in [-0.15, -0.1) is 0 Å². The molecule has 0 bridgehead atoms. The molecule has 0 N–H and O–H groups in total. The topological polar surface area (TPSA) is 64.4 Å². The minimum Gasteiger partial charge on any atom is -0.465 e. The average Bonchev–Trinajstić information content (AvgIpc) is 2.95. The highest BCUT2D eigenvalue weighted by Crippen LogP contribution is 2.31. The quantitative estimate of drug-likeness (QED) is 0.659. The summed E-state index contributed by atoms with van der Waals surface area (Å²) in [6.45, 7) is 0.456. The van der Waals surface area contributed by atoms with Crippen molar-refractivity contribution >= 4 is 17.6 Å². The maximum atomic E-state index is 13.3. The number of fused-ring (bicyclic) bond motifs is 2. The van der Waals surface area contributed by atoms with Gasteiger partial charge in [0, 0.05) is 36.0 Å². The fourth-order valence-electron chi connectivity index (χ4n) is 3.43. The van der Waals surface area contributed by atoms with E-state index in [0.717, 1.165) is 28.9 Å². The van der Waals surface area contributed by atoms with Crippen LogP contribution in [0.2, 0.25) is 0 Å². The smallest absolute Gasteiger partial charge is 0.337 e. The van der Waals surface area contributed by atoms with Gasteiger partial charge in [-0.3, -0.25) is 9.48 Å². The average molecular weight is 361 g/mol. The second-order valence-corrected chi connectivity index (χ2v) is 6.51. The number of carbonyl (C=O) groups excluding carboxylic acids is 2. The molecule has 0 atom stereocenters. The molecular weight excluding hydrogens is 342 g/mol. The molecule has 0 spiro atoms. The van der Waals surface area contributed by atoms with E-state index in [1.807, 2.05) is 42.2 Å². The highest BCUT2D eigenvalue weighted by molar-refractivity contribution is 6.07. The summed E-state index contributed by atoms with van der Waals surface area (Å²) in [7, 11) is 3.26. The number of carbonyl (C=O) groups is 2. The van der Waals surface area contributed by atoms with Gasteiger partial charge in [-0.2, -0.15) is 5.10 Å². The zero-order valence-electron chi connectivity index (χ0n) is 15.2. The summed E-state index contributed by atoms with van der Waals surface area (Å²) in [6, 6.07) is 14.5. The Balaban J connectivity index is 1.73. The summed E-state index contributed by atoms with van der Waals surface area (Å²) in [6.07, 6.45) is 2.55. The first-order chi connectivity index (χ1) is 13.1. The first-order valence-electron chi connectivity index (χ1n) is 8.66. The van der Waals surface area contributed by atoms with Crippen LogP contribution in [0.3, 0.4) is 0 Å². The maximum absolute atomic E-state index is 13.3. The summed E-state index contributed by atoms with van der Waals surface area (Å²) in [4.78, 5) is 26.7. The molecule has 0 aliphatic carbocycles. The van der Waals surface area contributed by atoms with E-state index < -0.39 is 5.97 Å². The lowest BCUT2D eigenvalue weighted by atomic mass is 10.1. The molecule has 6 nitrogen and oxygen atoms in total. The van der Waals surface area contributed by atoms with E-state index in [4.69, 9.17) is 4.74 Å². The molecule has 2 heterocycles. The van der Waals surface area contributed by atoms with Gasteiger partial charge in [0.1, 0.15) is 0 Å². The number of aryl methyl sites for hydroxylation is 1. The predicted molar refractivity (Wildman–Crippen MR) is 101 cm³/mol. The van der Waals surface area contributed by atoms with Crippen LogP contribution in [0, 0.1) is 0 Å². The van der Waals surface area contributed by atoms with Crippen LogP contribution in [0.25, 0.3) is 0 Å². The Morgan fingerprint density at radius 3 is 2.44 bits per heavy atom. The summed E-state index contributed by atoms with van der Waals surface area (Å²) < 4.78 is 6.58. The summed E-state index contributed by atoms with van der Waals surface area (Å²) in [5.41, 5.74) is 5.06. The number of esters is 1. The highest BCUT2D eigenvalue weighted by Gasteiger charge is 2.26. The number of para-hydroxylation sites is 1. The summed E-state index contributed by atoms with van der Waals surface area (Å²) in [5.74, 6) is -0.537. The van der Waals surface area contributed by atoms with Crippen LogP contribution in [-0.2, 0) is 24.8 Å². The second-order valence-electron chi connectivity index (χ2n) is 6.51. The Labute approximate surface area is 157 Å². The van der Waals surface area contributed by atoms with E-state index in [0.29, 0.717) is 17.7 Å². The minimum atomic E-state index is -0.422. The summed E-state index contributed by atoms with van der Waals surface area (Å²) >= 11 is 0. The van der Waals surface area contributed by atoms with Crippen molar-refractivity contribution in [3.63, 3.8) is 0 Å². The van der Waals surface area contributed by atoms with Crippen molar-refractivity contribution in [3.8, 4) is 0 Å². The number of anilines is 1. The molecule has 27 heavy (non-hydrogen) atoms. The normalized spacial score (nSPS) is 12.7. The third kappa shape index (κ3) is 2.99. The number of benzene rings is 2. The van der Waals surface area contributed by atoms with Crippen LogP contribution >= 0.6 is 0 Å². The Hall–Kier alpha value is -3.41. The fraction of sp³-hybridized carbons (Fsp3) is 0.190. The number of amides is 1. The van der Waals surface area contributed by atoms with Crippen molar-refractivity contribution < 1.29 is 14.3 Å². The van der Waals surface area contributed by atoms with E-state index in [1.54, 1.807) is 29.2 Å². The number of aromatic nitrogens is 2. The first-order valence-corrected chi connectivity index (χ1v) is 8.66. The van der Waals surface area contributed by atoms with Crippen LogP contribution in [0.4, 0.5) is 5.69 Å². The molecule has 1 aliphatic rings. The van der Waals surface area contributed by atoms with E-state index in [1.165, 1.54) is 7.11 Å². The fourth-order valence-corrected chi connectivity index (χ4v) is 3.43. The maximum Gasteiger partial charge on any atom is 0.337 e. The minimum absolute atomic E-state index is 0.115. The van der Waals surface area contributed by atoms with Gasteiger partial charge in [-0.05, 0) is 35.9 Å². The van der Waals surface area contributed by atoms with Gasteiger partial charge in [-0.1, -0.05) is 18.2 Å². The third-order valence-electron chi connectivity index (χ3n) is 4.91. The van der Waals surface area contributed by atoms with Crippen LogP contribution in [-0.4, -0.2) is 28.8 Å². The molecule has 1 aromatic heterocycles. The highest BCUT2D eigenvalue weighted by atomic mass is 16.5. The summed E-state index contributed by atoms with van der Waals surface area (Å²) in [5, 5.41) is 4.35. The molecule has 2 aromatic carbocycles. The van der Waals surface area contributed by atoms with Gasteiger partial charge >= 0.3 is 5.97 Å². The molecule has 136 valence electrons. The number of methoxy groups -OCH3 is 1. The van der Waals surface area contributed by atoms with E-state index >= 15 is 0 Å². The molecule has 1 aliphatic heterocycles. The number of nitrogens with zero attached hydrogens (tertiary/aromatic N) is 3. The number of ether oxygens (including phenoxy) is 1. The van der Waals surface area contributed by atoms with Crippen molar-refractivity contribution in [1.29, 1.82) is 0 Å². The van der Waals surface area contributed by atoms with Crippen molar-refractivity contribution in [2.24, 2.45) is 7.05 Å². The van der Waals surface area contributed by atoms with Crippen molar-refractivity contribution in [2.45, 2.75) is 13.0 Å². The molecule has 0 saturated heterocycles. The molecule has 0 radical (unpaired) electrons. The molecular formula is C21H19N3O3. The molecule has 4 rings (SSSR count). The van der Waals surface area contributed by atoms with Crippen LogP contribution in [0.5, 0.6) is 0 Å². The third-order valence-corrected chi connectivity index (χ3v) is 4.91. The second kappa shape index (κ2) is 6.72. The Morgan fingerprint density at radius 2 is 1.70 bits per heavy atom. The number of hydrogen-bond acceptors (Lipinski definition) is 4. The van der Waals surface area contributed by atoms with Crippen LogP contribution < -0.4 is 4.90 Å². The lowest BCUT2D eigenvalue weighted by Crippen LogP contribution is -2.30. The molecule has 0 fully saturated rings. The zero-order chi connectivity index (χ0) is 19.0. The molecule has 3 aromatic rings. The van der Waals surface area contributed by atoms with Crippen LogP contribution in [0.15, 0.2) is 54.7 Å². The van der Waals surface area contributed by atoms with Crippen molar-refractivity contribution in [3.05, 3.63) is 82.7 Å². The van der Waals surface area contributed by atoms with Gasteiger partial charge in [0.25, 0.3) is 5.91 Å². The van der Waals surface area contributed by atoms with Gasteiger partial charge in [0.2, 0.25) is 0 Å². The van der Waals surface area contributed by atoms with E-state index in [2.05, 4.69) is 5.10 Å². The molecule has 0 saturated carbocycles. The number of rotatable bonds is 2. The zero-order valence-corrected chi connectivity index (χ0v) is 15.2. The van der Waals surface area contributed by atoms with Gasteiger partial charge in [-0.25, -0.2) is 4.79 Å². The lowest BCUT2D eigenvalue weighted by molar-refractivity contribution is 0.0600. The van der Waals surface area contributed by atoms with Crippen LogP contribution in [0.1, 0.15) is 37.5 Å². The number of hydrogen-bond donors (Lipinski definition) is 0. The van der Waals surface area contributed by atoms with Gasteiger partial charge < -0.3 is 9.64 Å². The Bertz CT molecular complexity index is 1020. The van der Waals surface area contributed by atoms with Crippen molar-refractivity contribution in [1.82, 2.24) is 9.78 Å². The van der Waals surface area contributed by atoms with E-state index in [-0.39, 0.29) is 5.91 Å². The SMILES string of the molecule is COC(=O)c1ccc(C(=O)N2Cc3cnn(C)c3Cc3ccccc32)cc1. The molecule has 0 unspecified atom stereocenters. The van der Waals surface area contributed by atoms with E-state index in [9.17, 15) is 9.59 Å². The van der Waals surface area contributed by atoms with Crippen molar-refractivity contribution in [2.75, 3.05) is 12.0 Å². The standard InChI is InChI=1S/C21H19N3O3/c1-23-19-11-16-5-3-4-6-18(16)24(13-17(19)12-22-23)20(25)14-7-9-15(10-8-14)21(26)27-2/h3-10,12H,11,13H2,1-2H3.